The number of hydrogen-bond donors (Lipinski definition) is 2. The van der Waals surface area contributed by atoms with E-state index in [4.69, 9.17) is 0 Å². The van der Waals surface area contributed by atoms with Crippen molar-refractivity contribution in [3.8, 4) is 0 Å². The molecule has 136 valence electrons. The van der Waals surface area contributed by atoms with Crippen molar-refractivity contribution in [1.29, 1.82) is 0 Å². The first-order valence-electron chi connectivity index (χ1n) is 8.11. The molecule has 1 fully saturated rings. The molecule has 0 saturated carbocycles. The Bertz CT molecular complexity index is 713. The number of piperidine rings is 1. The summed E-state index contributed by atoms with van der Waals surface area (Å²) in [7, 11) is -1.40. The van der Waals surface area contributed by atoms with Crippen LogP contribution in [0.4, 0.5) is 5.69 Å². The SMILES string of the molecule is Cc1nn(C)c(C)c1NC(=O)C(C)N1CCCC(NS(C)(=O)=O)C1. The molecular formula is C15H27N5O3S. The Morgan fingerprint density at radius 2 is 2.04 bits per heavy atom. The Hall–Kier alpha value is -1.45. The van der Waals surface area contributed by atoms with Gasteiger partial charge in [-0.05, 0) is 40.2 Å². The van der Waals surface area contributed by atoms with Gasteiger partial charge in [-0.15, -0.1) is 0 Å². The van der Waals surface area contributed by atoms with Gasteiger partial charge in [-0.2, -0.15) is 5.10 Å². The van der Waals surface area contributed by atoms with Gasteiger partial charge in [0.25, 0.3) is 0 Å². The van der Waals surface area contributed by atoms with E-state index in [1.54, 1.807) is 4.68 Å². The van der Waals surface area contributed by atoms with Crippen LogP contribution < -0.4 is 10.0 Å². The maximum Gasteiger partial charge on any atom is 0.241 e. The van der Waals surface area contributed by atoms with Crippen LogP contribution in [0.2, 0.25) is 0 Å². The van der Waals surface area contributed by atoms with Crippen molar-refractivity contribution < 1.29 is 13.2 Å². The maximum atomic E-state index is 12.6. The van der Waals surface area contributed by atoms with Gasteiger partial charge in [0.05, 0.1) is 29.4 Å². The number of nitrogens with zero attached hydrogens (tertiary/aromatic N) is 3. The molecule has 9 heteroatoms. The second-order valence-electron chi connectivity index (χ2n) is 6.56. The largest absolute Gasteiger partial charge is 0.322 e. The Labute approximate surface area is 143 Å². The van der Waals surface area contributed by atoms with Crippen molar-refractivity contribution in [3.05, 3.63) is 11.4 Å². The Morgan fingerprint density at radius 3 is 2.58 bits per heavy atom. The van der Waals surface area contributed by atoms with Gasteiger partial charge in [0.2, 0.25) is 15.9 Å². The van der Waals surface area contributed by atoms with Crippen LogP contribution in [0.15, 0.2) is 0 Å². The fourth-order valence-corrected chi connectivity index (χ4v) is 3.90. The van der Waals surface area contributed by atoms with Gasteiger partial charge in [0.15, 0.2) is 0 Å². The topological polar surface area (TPSA) is 96.3 Å². The zero-order chi connectivity index (χ0) is 18.1. The summed E-state index contributed by atoms with van der Waals surface area (Å²) in [4.78, 5) is 14.6. The van der Waals surface area contributed by atoms with E-state index >= 15 is 0 Å². The third kappa shape index (κ3) is 4.55. The zero-order valence-electron chi connectivity index (χ0n) is 15.0. The average molecular weight is 357 g/mol. The van der Waals surface area contributed by atoms with Gasteiger partial charge >= 0.3 is 0 Å². The van der Waals surface area contributed by atoms with Crippen molar-refractivity contribution in [2.45, 2.75) is 45.7 Å². The Balaban J connectivity index is 2.02. The summed E-state index contributed by atoms with van der Waals surface area (Å²) in [6.45, 7) is 6.93. The van der Waals surface area contributed by atoms with Crippen LogP contribution in [0, 0.1) is 13.8 Å². The van der Waals surface area contributed by atoms with E-state index in [0.717, 1.165) is 42.7 Å². The number of amides is 1. The van der Waals surface area contributed by atoms with Gasteiger partial charge in [-0.3, -0.25) is 14.4 Å². The van der Waals surface area contributed by atoms with E-state index in [0.29, 0.717) is 6.54 Å². The fourth-order valence-electron chi connectivity index (χ4n) is 3.11. The number of carbonyl (C=O) groups excluding carboxylic acids is 1. The average Bonchev–Trinajstić information content (AvgIpc) is 2.71. The predicted molar refractivity (Wildman–Crippen MR) is 93.3 cm³/mol. The van der Waals surface area contributed by atoms with Crippen LogP contribution in [0.25, 0.3) is 0 Å². The molecule has 0 aromatic carbocycles. The minimum absolute atomic E-state index is 0.103. The summed E-state index contributed by atoms with van der Waals surface area (Å²) >= 11 is 0. The molecule has 1 amide bonds. The van der Waals surface area contributed by atoms with E-state index in [1.807, 2.05) is 32.7 Å². The van der Waals surface area contributed by atoms with Crippen LogP contribution in [-0.4, -0.2) is 60.4 Å². The molecule has 2 N–H and O–H groups in total. The molecule has 2 unspecified atom stereocenters. The fraction of sp³-hybridized carbons (Fsp3) is 0.733. The predicted octanol–water partition coefficient (Wildman–Crippen LogP) is 0.378. The molecule has 1 aromatic heterocycles. The van der Waals surface area contributed by atoms with Crippen molar-refractivity contribution in [1.82, 2.24) is 19.4 Å². The number of rotatable bonds is 5. The number of anilines is 1. The second-order valence-corrected chi connectivity index (χ2v) is 8.34. The minimum Gasteiger partial charge on any atom is -0.322 e. The Morgan fingerprint density at radius 1 is 1.38 bits per heavy atom. The lowest BCUT2D eigenvalue weighted by Crippen LogP contribution is -2.52. The highest BCUT2D eigenvalue weighted by Crippen LogP contribution is 2.20. The highest BCUT2D eigenvalue weighted by molar-refractivity contribution is 7.88. The lowest BCUT2D eigenvalue weighted by molar-refractivity contribution is -0.121. The van der Waals surface area contributed by atoms with Gasteiger partial charge in [0.1, 0.15) is 0 Å². The summed E-state index contributed by atoms with van der Waals surface area (Å²) in [5.41, 5.74) is 2.44. The molecule has 1 saturated heterocycles. The molecule has 1 aliphatic rings. The molecule has 0 radical (unpaired) electrons. The molecule has 0 spiro atoms. The van der Waals surface area contributed by atoms with Crippen LogP contribution >= 0.6 is 0 Å². The number of nitrogens with one attached hydrogen (secondary N) is 2. The number of carbonyl (C=O) groups is 1. The quantitative estimate of drug-likeness (QED) is 0.794. The highest BCUT2D eigenvalue weighted by atomic mass is 32.2. The second kappa shape index (κ2) is 7.20. The first-order chi connectivity index (χ1) is 11.1. The monoisotopic (exact) mass is 357 g/mol. The lowest BCUT2D eigenvalue weighted by atomic mass is 10.0. The van der Waals surface area contributed by atoms with E-state index in [-0.39, 0.29) is 18.0 Å². The molecule has 2 atom stereocenters. The molecule has 0 bridgehead atoms. The van der Waals surface area contributed by atoms with E-state index in [2.05, 4.69) is 15.1 Å². The molecular weight excluding hydrogens is 330 g/mol. The number of aryl methyl sites for hydroxylation is 2. The summed E-state index contributed by atoms with van der Waals surface area (Å²) < 4.78 is 27.2. The van der Waals surface area contributed by atoms with Crippen LogP contribution in [0.5, 0.6) is 0 Å². The van der Waals surface area contributed by atoms with Crippen molar-refractivity contribution in [2.24, 2.45) is 7.05 Å². The van der Waals surface area contributed by atoms with Crippen LogP contribution in [0.3, 0.4) is 0 Å². The first-order valence-corrected chi connectivity index (χ1v) is 10.00. The molecule has 0 aliphatic carbocycles. The third-order valence-electron chi connectivity index (χ3n) is 4.52. The van der Waals surface area contributed by atoms with Gasteiger partial charge in [0, 0.05) is 19.6 Å². The van der Waals surface area contributed by atoms with E-state index < -0.39 is 10.0 Å². The normalized spacial score (nSPS) is 20.8. The molecule has 8 nitrogen and oxygen atoms in total. The van der Waals surface area contributed by atoms with Gasteiger partial charge in [-0.1, -0.05) is 0 Å². The standard InChI is InChI=1S/C15H27N5O3S/c1-10-14(11(2)19(4)17-10)16-15(21)12(3)20-8-6-7-13(9-20)18-24(5,22)23/h12-13,18H,6-9H2,1-5H3,(H,16,21). The summed E-state index contributed by atoms with van der Waals surface area (Å²) in [5, 5.41) is 7.26. The number of sulfonamides is 1. The maximum absolute atomic E-state index is 12.6. The van der Waals surface area contributed by atoms with Crippen molar-refractivity contribution >= 4 is 21.6 Å². The molecule has 1 aliphatic heterocycles. The van der Waals surface area contributed by atoms with Crippen LogP contribution in [-0.2, 0) is 21.9 Å². The summed E-state index contributed by atoms with van der Waals surface area (Å²) in [6, 6.07) is -0.487. The summed E-state index contributed by atoms with van der Waals surface area (Å²) in [5.74, 6) is -0.103. The van der Waals surface area contributed by atoms with Crippen LogP contribution in [0.1, 0.15) is 31.2 Å². The minimum atomic E-state index is -3.24. The number of hydrogen-bond acceptors (Lipinski definition) is 5. The smallest absolute Gasteiger partial charge is 0.241 e. The van der Waals surface area contributed by atoms with Gasteiger partial charge < -0.3 is 5.32 Å². The van der Waals surface area contributed by atoms with E-state index in [1.165, 1.54) is 0 Å². The van der Waals surface area contributed by atoms with Crippen molar-refractivity contribution in [2.75, 3.05) is 24.7 Å². The molecule has 2 heterocycles. The zero-order valence-corrected chi connectivity index (χ0v) is 15.8. The Kier molecular flexibility index (Phi) is 5.67. The summed E-state index contributed by atoms with van der Waals surface area (Å²) in [6.07, 6.45) is 2.81. The number of aromatic nitrogens is 2. The molecule has 2 rings (SSSR count). The molecule has 24 heavy (non-hydrogen) atoms. The van der Waals surface area contributed by atoms with Crippen molar-refractivity contribution in [3.63, 3.8) is 0 Å². The van der Waals surface area contributed by atoms with Gasteiger partial charge in [-0.25, -0.2) is 13.1 Å². The lowest BCUT2D eigenvalue weighted by Gasteiger charge is -2.36. The highest BCUT2D eigenvalue weighted by Gasteiger charge is 2.29. The third-order valence-corrected chi connectivity index (χ3v) is 5.28. The van der Waals surface area contributed by atoms with E-state index in [9.17, 15) is 13.2 Å². The number of likely N-dealkylation sites (tertiary alicyclic amines) is 1. The molecule has 1 aromatic rings. The first kappa shape index (κ1) is 18.9.